The van der Waals surface area contributed by atoms with Crippen molar-refractivity contribution in [3.63, 3.8) is 0 Å². The van der Waals surface area contributed by atoms with E-state index in [0.29, 0.717) is 19.1 Å². The summed E-state index contributed by atoms with van der Waals surface area (Å²) in [5, 5.41) is 2.97. The fourth-order valence-corrected chi connectivity index (χ4v) is 2.26. The predicted molar refractivity (Wildman–Crippen MR) is 85.1 cm³/mol. The Morgan fingerprint density at radius 1 is 1.32 bits per heavy atom. The molecule has 0 bridgehead atoms. The fourth-order valence-electron chi connectivity index (χ4n) is 2.26. The number of pyridine rings is 1. The maximum Gasteiger partial charge on any atom is 0.234 e. The molecule has 1 N–H and O–H groups in total. The summed E-state index contributed by atoms with van der Waals surface area (Å²) in [5.74, 6) is 0.0504. The second-order valence-electron chi connectivity index (χ2n) is 5.53. The average molecular weight is 301 g/mol. The molecule has 2 rings (SSSR count). The van der Waals surface area contributed by atoms with Gasteiger partial charge in [0.05, 0.1) is 12.9 Å². The molecule has 0 aliphatic carbocycles. The molecule has 0 fully saturated rings. The highest BCUT2D eigenvalue weighted by molar-refractivity contribution is 5.77. The van der Waals surface area contributed by atoms with Crippen LogP contribution in [0.4, 0.5) is 0 Å². The third-order valence-corrected chi connectivity index (χ3v) is 3.53. The highest BCUT2D eigenvalue weighted by Crippen LogP contribution is 2.08. The molecular weight excluding hydrogens is 278 g/mol. The van der Waals surface area contributed by atoms with E-state index in [9.17, 15) is 4.79 Å². The minimum absolute atomic E-state index is 0.0504. The van der Waals surface area contributed by atoms with Crippen LogP contribution in [0, 0.1) is 0 Å². The number of nitrogens with zero attached hydrogens (tertiary/aromatic N) is 4. The molecule has 0 aromatic carbocycles. The first-order chi connectivity index (χ1) is 10.6. The normalized spacial score (nSPS) is 12.3. The minimum Gasteiger partial charge on any atom is -0.355 e. The summed E-state index contributed by atoms with van der Waals surface area (Å²) in [6, 6.07) is 4.25. The van der Waals surface area contributed by atoms with Crippen molar-refractivity contribution in [2.75, 3.05) is 20.1 Å². The van der Waals surface area contributed by atoms with E-state index in [2.05, 4.69) is 22.2 Å². The van der Waals surface area contributed by atoms with E-state index in [1.807, 2.05) is 34.8 Å². The van der Waals surface area contributed by atoms with Gasteiger partial charge in [-0.05, 0) is 38.1 Å². The summed E-state index contributed by atoms with van der Waals surface area (Å²) in [7, 11) is 1.94. The second-order valence-corrected chi connectivity index (χ2v) is 5.53. The van der Waals surface area contributed by atoms with Crippen molar-refractivity contribution in [3.8, 4) is 0 Å². The van der Waals surface area contributed by atoms with Crippen LogP contribution in [0.5, 0.6) is 0 Å². The van der Waals surface area contributed by atoms with E-state index in [1.54, 1.807) is 24.9 Å². The molecule has 0 aliphatic rings. The van der Waals surface area contributed by atoms with Crippen LogP contribution >= 0.6 is 0 Å². The van der Waals surface area contributed by atoms with E-state index in [1.165, 1.54) is 0 Å². The van der Waals surface area contributed by atoms with E-state index >= 15 is 0 Å². The quantitative estimate of drug-likeness (QED) is 0.802. The zero-order chi connectivity index (χ0) is 15.8. The van der Waals surface area contributed by atoms with Crippen LogP contribution in [0.15, 0.2) is 43.2 Å². The van der Waals surface area contributed by atoms with Crippen molar-refractivity contribution in [1.29, 1.82) is 0 Å². The molecule has 0 spiro atoms. The van der Waals surface area contributed by atoms with Gasteiger partial charge in [-0.2, -0.15) is 0 Å². The molecule has 0 unspecified atom stereocenters. The molecule has 0 aliphatic heterocycles. The van der Waals surface area contributed by atoms with E-state index in [0.717, 1.165) is 18.5 Å². The summed E-state index contributed by atoms with van der Waals surface area (Å²) in [6.07, 6.45) is 9.92. The van der Waals surface area contributed by atoms with E-state index in [4.69, 9.17) is 0 Å². The lowest BCUT2D eigenvalue weighted by atomic mass is 10.2. The molecular formula is C16H23N5O. The van der Waals surface area contributed by atoms with Crippen molar-refractivity contribution in [2.24, 2.45) is 0 Å². The summed E-state index contributed by atoms with van der Waals surface area (Å²) >= 11 is 0. The highest BCUT2D eigenvalue weighted by Gasteiger charge is 2.08. The smallest absolute Gasteiger partial charge is 0.234 e. The SMILES string of the molecule is C[C@@H](CCNC(=O)CN(C)Cc1ccncc1)n1ccnc1. The fraction of sp³-hybridized carbons (Fsp3) is 0.438. The van der Waals surface area contributed by atoms with Gasteiger partial charge in [0.25, 0.3) is 0 Å². The number of hydrogen-bond acceptors (Lipinski definition) is 4. The van der Waals surface area contributed by atoms with Gasteiger partial charge in [0.2, 0.25) is 5.91 Å². The third kappa shape index (κ3) is 5.29. The Bertz CT molecular complexity index is 555. The zero-order valence-electron chi connectivity index (χ0n) is 13.1. The number of nitrogens with one attached hydrogen (secondary N) is 1. The minimum atomic E-state index is 0.0504. The Morgan fingerprint density at radius 2 is 2.09 bits per heavy atom. The Morgan fingerprint density at radius 3 is 2.77 bits per heavy atom. The van der Waals surface area contributed by atoms with Gasteiger partial charge in [-0.1, -0.05) is 0 Å². The molecule has 2 aromatic heterocycles. The lowest BCUT2D eigenvalue weighted by molar-refractivity contribution is -0.122. The van der Waals surface area contributed by atoms with Crippen LogP contribution < -0.4 is 5.32 Å². The standard InChI is InChI=1S/C16H23N5O/c1-14(21-10-9-18-13-21)3-8-19-16(22)12-20(2)11-15-4-6-17-7-5-15/h4-7,9-10,13-14H,3,8,11-12H2,1-2H3,(H,19,22)/t14-/m0/s1. The van der Waals surface area contributed by atoms with Crippen LogP contribution in [-0.4, -0.2) is 45.5 Å². The number of likely N-dealkylation sites (N-methyl/N-ethyl adjacent to an activating group) is 1. The van der Waals surface area contributed by atoms with Crippen LogP contribution in [0.2, 0.25) is 0 Å². The molecule has 1 amide bonds. The Kier molecular flexibility index (Phi) is 6.09. The summed E-state index contributed by atoms with van der Waals surface area (Å²) in [6.45, 7) is 3.91. The van der Waals surface area contributed by atoms with Gasteiger partial charge < -0.3 is 9.88 Å². The Balaban J connectivity index is 1.65. The Labute approximate surface area is 131 Å². The summed E-state index contributed by atoms with van der Waals surface area (Å²) < 4.78 is 2.04. The van der Waals surface area contributed by atoms with Crippen LogP contribution in [0.3, 0.4) is 0 Å². The molecule has 0 saturated heterocycles. The maximum absolute atomic E-state index is 11.9. The molecule has 22 heavy (non-hydrogen) atoms. The van der Waals surface area contributed by atoms with Crippen molar-refractivity contribution < 1.29 is 4.79 Å². The number of hydrogen-bond donors (Lipinski definition) is 1. The molecule has 6 heteroatoms. The number of imidazole rings is 1. The highest BCUT2D eigenvalue weighted by atomic mass is 16.2. The number of carbonyl (C=O) groups is 1. The number of carbonyl (C=O) groups excluding carboxylic acids is 1. The lowest BCUT2D eigenvalue weighted by Crippen LogP contribution is -2.35. The predicted octanol–water partition coefficient (Wildman–Crippen LogP) is 1.48. The average Bonchev–Trinajstić information content (AvgIpc) is 3.02. The lowest BCUT2D eigenvalue weighted by Gasteiger charge is -2.17. The van der Waals surface area contributed by atoms with Crippen molar-refractivity contribution in [2.45, 2.75) is 25.9 Å². The molecule has 1 atom stereocenters. The summed E-state index contributed by atoms with van der Waals surface area (Å²) in [5.41, 5.74) is 1.15. The second kappa shape index (κ2) is 8.29. The molecule has 2 aromatic rings. The molecule has 0 radical (unpaired) electrons. The van der Waals surface area contributed by atoms with Crippen molar-refractivity contribution >= 4 is 5.91 Å². The first-order valence-electron chi connectivity index (χ1n) is 7.46. The van der Waals surface area contributed by atoms with Gasteiger partial charge in [-0.25, -0.2) is 4.98 Å². The largest absolute Gasteiger partial charge is 0.355 e. The van der Waals surface area contributed by atoms with Crippen LogP contribution in [0.1, 0.15) is 24.9 Å². The number of rotatable bonds is 8. The van der Waals surface area contributed by atoms with Crippen molar-refractivity contribution in [3.05, 3.63) is 48.8 Å². The number of aromatic nitrogens is 3. The zero-order valence-corrected chi connectivity index (χ0v) is 13.1. The van der Waals surface area contributed by atoms with Gasteiger partial charge >= 0.3 is 0 Å². The molecule has 118 valence electrons. The molecule has 0 saturated carbocycles. The first kappa shape index (κ1) is 16.2. The summed E-state index contributed by atoms with van der Waals surface area (Å²) in [4.78, 5) is 21.9. The van der Waals surface area contributed by atoms with E-state index in [-0.39, 0.29) is 5.91 Å². The van der Waals surface area contributed by atoms with Crippen LogP contribution in [-0.2, 0) is 11.3 Å². The molecule has 6 nitrogen and oxygen atoms in total. The first-order valence-corrected chi connectivity index (χ1v) is 7.46. The van der Waals surface area contributed by atoms with Crippen molar-refractivity contribution in [1.82, 2.24) is 24.8 Å². The topological polar surface area (TPSA) is 63.1 Å². The van der Waals surface area contributed by atoms with Gasteiger partial charge in [0.15, 0.2) is 0 Å². The van der Waals surface area contributed by atoms with Gasteiger partial charge in [0, 0.05) is 43.9 Å². The van der Waals surface area contributed by atoms with Gasteiger partial charge in [-0.3, -0.25) is 14.7 Å². The van der Waals surface area contributed by atoms with Gasteiger partial charge in [0.1, 0.15) is 0 Å². The van der Waals surface area contributed by atoms with Gasteiger partial charge in [-0.15, -0.1) is 0 Å². The monoisotopic (exact) mass is 301 g/mol. The van der Waals surface area contributed by atoms with E-state index < -0.39 is 0 Å². The number of amides is 1. The van der Waals surface area contributed by atoms with Crippen LogP contribution in [0.25, 0.3) is 0 Å². The maximum atomic E-state index is 11.9. The molecule has 2 heterocycles. The Hall–Kier alpha value is -2.21. The third-order valence-electron chi connectivity index (χ3n) is 3.53.